The Morgan fingerprint density at radius 1 is 1.11 bits per heavy atom. The van der Waals surface area contributed by atoms with Crippen LogP contribution in [0.2, 0.25) is 0 Å². The first-order chi connectivity index (χ1) is 13.2. The highest BCUT2D eigenvalue weighted by molar-refractivity contribution is 14.1. The van der Waals surface area contributed by atoms with Gasteiger partial charge < -0.3 is 15.7 Å². The topological polar surface area (TPSA) is 57.2 Å². The first-order valence-corrected chi connectivity index (χ1v) is 10.5. The van der Waals surface area contributed by atoms with Gasteiger partial charge in [0.25, 0.3) is 0 Å². The van der Waals surface area contributed by atoms with Gasteiger partial charge in [-0.05, 0) is 83.4 Å². The molecular formula is C22H26IN3O. The number of rotatable bonds is 9. The average Bonchev–Trinajstić information content (AvgIpc) is 2.68. The van der Waals surface area contributed by atoms with Gasteiger partial charge in [-0.25, -0.2) is 0 Å². The second-order valence-corrected chi connectivity index (χ2v) is 8.05. The van der Waals surface area contributed by atoms with Crippen molar-refractivity contribution in [2.45, 2.75) is 26.3 Å². The number of hydrogen-bond donors (Lipinski definition) is 3. The van der Waals surface area contributed by atoms with Crippen LogP contribution in [-0.2, 0) is 6.54 Å². The quantitative estimate of drug-likeness (QED) is 0.374. The van der Waals surface area contributed by atoms with E-state index in [1.54, 1.807) is 12.1 Å². The van der Waals surface area contributed by atoms with Crippen LogP contribution >= 0.6 is 22.6 Å². The Morgan fingerprint density at radius 3 is 2.70 bits per heavy atom. The molecular weight excluding hydrogens is 449 g/mol. The largest absolute Gasteiger partial charge is 0.508 e. The Hall–Kier alpha value is -1.86. The summed E-state index contributed by atoms with van der Waals surface area (Å²) in [5.41, 5.74) is 3.39. The second-order valence-electron chi connectivity index (χ2n) is 6.81. The maximum absolute atomic E-state index is 9.35. The van der Waals surface area contributed by atoms with Crippen molar-refractivity contribution in [3.05, 3.63) is 63.9 Å². The van der Waals surface area contributed by atoms with E-state index in [-0.39, 0.29) is 0 Å². The van der Waals surface area contributed by atoms with E-state index in [2.05, 4.69) is 69.4 Å². The number of phenols is 1. The molecule has 3 rings (SSSR count). The van der Waals surface area contributed by atoms with Crippen LogP contribution in [0.15, 0.2) is 54.7 Å². The Bertz CT molecular complexity index is 867. The molecule has 2 aromatic carbocycles. The van der Waals surface area contributed by atoms with E-state index in [1.807, 2.05) is 18.3 Å². The minimum Gasteiger partial charge on any atom is -0.508 e. The monoisotopic (exact) mass is 475 g/mol. The van der Waals surface area contributed by atoms with Crippen molar-refractivity contribution < 1.29 is 5.11 Å². The molecule has 0 spiro atoms. The van der Waals surface area contributed by atoms with Gasteiger partial charge in [0.2, 0.25) is 0 Å². The Kier molecular flexibility index (Phi) is 7.29. The van der Waals surface area contributed by atoms with E-state index in [0.29, 0.717) is 11.7 Å². The van der Waals surface area contributed by atoms with Gasteiger partial charge in [0.1, 0.15) is 5.75 Å². The molecule has 3 aromatic rings. The molecule has 0 amide bonds. The van der Waals surface area contributed by atoms with E-state index in [4.69, 9.17) is 0 Å². The number of anilines is 1. The van der Waals surface area contributed by atoms with Gasteiger partial charge in [-0.3, -0.25) is 4.98 Å². The lowest BCUT2D eigenvalue weighted by Crippen LogP contribution is -2.24. The van der Waals surface area contributed by atoms with Gasteiger partial charge >= 0.3 is 0 Å². The van der Waals surface area contributed by atoms with Crippen molar-refractivity contribution in [2.24, 2.45) is 5.92 Å². The van der Waals surface area contributed by atoms with Crippen LogP contribution in [-0.4, -0.2) is 23.2 Å². The van der Waals surface area contributed by atoms with Crippen LogP contribution in [0.3, 0.4) is 0 Å². The van der Waals surface area contributed by atoms with Crippen molar-refractivity contribution in [2.75, 3.05) is 18.4 Å². The van der Waals surface area contributed by atoms with Gasteiger partial charge in [0, 0.05) is 33.9 Å². The van der Waals surface area contributed by atoms with Gasteiger partial charge in [-0.15, -0.1) is 0 Å². The zero-order valence-electron chi connectivity index (χ0n) is 15.6. The van der Waals surface area contributed by atoms with Crippen molar-refractivity contribution in [1.82, 2.24) is 10.3 Å². The first kappa shape index (κ1) is 19.9. The van der Waals surface area contributed by atoms with E-state index >= 15 is 0 Å². The molecule has 1 heterocycles. The third-order valence-corrected chi connectivity index (χ3v) is 5.52. The van der Waals surface area contributed by atoms with Gasteiger partial charge in [-0.2, -0.15) is 0 Å². The number of aromatic nitrogens is 1. The summed E-state index contributed by atoms with van der Waals surface area (Å²) in [6.07, 6.45) is 4.14. The molecule has 0 aliphatic carbocycles. The third-order valence-electron chi connectivity index (χ3n) is 4.85. The lowest BCUT2D eigenvalue weighted by Gasteiger charge is -2.17. The fourth-order valence-corrected chi connectivity index (χ4v) is 3.65. The standard InChI is InChI=1S/C22H26IN3O/c1-2-16(14-24-15-17-3-6-19(27)7-4-17)9-11-25-21-10-12-26-22-13-18(23)5-8-20(21)22/h3-8,10,12-13,16,24,27H,2,9,11,14-15H2,1H3,(H,25,26). The number of benzene rings is 2. The van der Waals surface area contributed by atoms with Crippen LogP contribution in [0, 0.1) is 9.49 Å². The number of aromatic hydroxyl groups is 1. The highest BCUT2D eigenvalue weighted by Gasteiger charge is 2.07. The zero-order chi connectivity index (χ0) is 19.1. The van der Waals surface area contributed by atoms with Crippen molar-refractivity contribution >= 4 is 39.2 Å². The number of pyridine rings is 1. The Morgan fingerprint density at radius 2 is 1.93 bits per heavy atom. The lowest BCUT2D eigenvalue weighted by molar-refractivity contribution is 0.442. The molecule has 0 radical (unpaired) electrons. The fraction of sp³-hybridized carbons (Fsp3) is 0.318. The summed E-state index contributed by atoms with van der Waals surface area (Å²) in [5.74, 6) is 0.943. The Labute approximate surface area is 174 Å². The highest BCUT2D eigenvalue weighted by Crippen LogP contribution is 2.23. The summed E-state index contributed by atoms with van der Waals surface area (Å²) in [6.45, 7) is 5.02. The van der Waals surface area contributed by atoms with Crippen molar-refractivity contribution in [3.8, 4) is 5.75 Å². The summed E-state index contributed by atoms with van der Waals surface area (Å²) >= 11 is 2.32. The number of phenolic OH excluding ortho intramolecular Hbond substituents is 1. The molecule has 3 N–H and O–H groups in total. The molecule has 5 heteroatoms. The van der Waals surface area contributed by atoms with Gasteiger partial charge in [0.05, 0.1) is 5.52 Å². The SMILES string of the molecule is CCC(CCNc1ccnc2cc(I)ccc12)CNCc1ccc(O)cc1. The molecule has 0 bridgehead atoms. The molecule has 0 fully saturated rings. The van der Waals surface area contributed by atoms with Crippen molar-refractivity contribution in [3.63, 3.8) is 0 Å². The van der Waals surface area contributed by atoms with Crippen LogP contribution in [0.1, 0.15) is 25.3 Å². The average molecular weight is 475 g/mol. The third kappa shape index (κ3) is 5.81. The highest BCUT2D eigenvalue weighted by atomic mass is 127. The smallest absolute Gasteiger partial charge is 0.115 e. The molecule has 1 atom stereocenters. The first-order valence-electron chi connectivity index (χ1n) is 9.42. The minimum absolute atomic E-state index is 0.314. The molecule has 0 aliphatic heterocycles. The molecule has 1 aromatic heterocycles. The number of fused-ring (bicyclic) bond motifs is 1. The molecule has 0 saturated carbocycles. The zero-order valence-corrected chi connectivity index (χ0v) is 17.7. The summed E-state index contributed by atoms with van der Waals surface area (Å²) in [5, 5.41) is 17.6. The predicted molar refractivity (Wildman–Crippen MR) is 121 cm³/mol. The predicted octanol–water partition coefficient (Wildman–Crippen LogP) is 5.16. The molecule has 142 valence electrons. The minimum atomic E-state index is 0.314. The molecule has 4 nitrogen and oxygen atoms in total. The van der Waals surface area contributed by atoms with Gasteiger partial charge in [-0.1, -0.05) is 25.5 Å². The maximum atomic E-state index is 9.35. The van der Waals surface area contributed by atoms with Gasteiger partial charge in [0.15, 0.2) is 0 Å². The van der Waals surface area contributed by atoms with Crippen LogP contribution in [0.4, 0.5) is 5.69 Å². The molecule has 1 unspecified atom stereocenters. The molecule has 27 heavy (non-hydrogen) atoms. The summed E-state index contributed by atoms with van der Waals surface area (Å²) in [6, 6.07) is 15.8. The van der Waals surface area contributed by atoms with Crippen LogP contribution in [0.25, 0.3) is 10.9 Å². The van der Waals surface area contributed by atoms with E-state index in [0.717, 1.165) is 43.7 Å². The Balaban J connectivity index is 1.47. The fourth-order valence-electron chi connectivity index (χ4n) is 3.17. The number of halogens is 1. The number of hydrogen-bond acceptors (Lipinski definition) is 4. The van der Waals surface area contributed by atoms with Crippen LogP contribution in [0.5, 0.6) is 5.75 Å². The second kappa shape index (κ2) is 9.90. The summed E-state index contributed by atoms with van der Waals surface area (Å²) in [4.78, 5) is 4.47. The number of nitrogens with zero attached hydrogens (tertiary/aromatic N) is 1. The number of nitrogens with one attached hydrogen (secondary N) is 2. The van der Waals surface area contributed by atoms with Crippen LogP contribution < -0.4 is 10.6 Å². The summed E-state index contributed by atoms with van der Waals surface area (Å²) in [7, 11) is 0. The van der Waals surface area contributed by atoms with Crippen molar-refractivity contribution in [1.29, 1.82) is 0 Å². The normalized spacial score (nSPS) is 12.2. The van der Waals surface area contributed by atoms with E-state index in [1.165, 1.54) is 14.5 Å². The summed E-state index contributed by atoms with van der Waals surface area (Å²) < 4.78 is 1.20. The maximum Gasteiger partial charge on any atom is 0.115 e. The molecule has 0 aliphatic rings. The van der Waals surface area contributed by atoms with E-state index < -0.39 is 0 Å². The van der Waals surface area contributed by atoms with E-state index in [9.17, 15) is 5.11 Å². The molecule has 0 saturated heterocycles. The lowest BCUT2D eigenvalue weighted by atomic mass is 10.0.